The van der Waals surface area contributed by atoms with Crippen LogP contribution in [0, 0.1) is 0 Å². The Bertz CT molecular complexity index is 929. The van der Waals surface area contributed by atoms with Gasteiger partial charge in [0.1, 0.15) is 23.2 Å². The van der Waals surface area contributed by atoms with Crippen molar-refractivity contribution in [1.82, 2.24) is 10.3 Å². The third-order valence-electron chi connectivity index (χ3n) is 4.23. The number of pyridine rings is 1. The molecule has 0 spiro atoms. The minimum absolute atomic E-state index is 0.0159. The number of aromatic nitrogens is 1. The smallest absolute Gasteiger partial charge is 0.231 e. The fourth-order valence-electron chi connectivity index (χ4n) is 2.96. The molecule has 0 bridgehead atoms. The van der Waals surface area contributed by atoms with Crippen LogP contribution in [0.2, 0.25) is 0 Å². The minimum Gasteiger partial charge on any atom is -0.487 e. The molecule has 4 rings (SSSR count). The first-order chi connectivity index (χ1) is 12.7. The van der Waals surface area contributed by atoms with E-state index in [4.69, 9.17) is 19.9 Å². The van der Waals surface area contributed by atoms with Crippen LogP contribution in [-0.4, -0.2) is 24.4 Å². The Labute approximate surface area is 151 Å². The number of benzene rings is 2. The highest BCUT2D eigenvalue weighted by atomic mass is 16.7. The van der Waals surface area contributed by atoms with Crippen molar-refractivity contribution in [2.75, 3.05) is 19.1 Å². The van der Waals surface area contributed by atoms with Crippen molar-refractivity contribution in [3.05, 3.63) is 54.1 Å². The van der Waals surface area contributed by atoms with Gasteiger partial charge < -0.3 is 25.3 Å². The van der Waals surface area contributed by atoms with Crippen LogP contribution in [0.4, 0.5) is 5.82 Å². The van der Waals surface area contributed by atoms with E-state index in [2.05, 4.69) is 10.3 Å². The normalized spacial score (nSPS) is 13.7. The Kier molecular flexibility index (Phi) is 4.50. The maximum atomic E-state index is 6.07. The molecular weight excluding hydrogens is 330 g/mol. The number of fused-ring (bicyclic) bond motifs is 2. The topological polar surface area (TPSA) is 78.6 Å². The summed E-state index contributed by atoms with van der Waals surface area (Å²) in [5, 5.41) is 4.42. The molecule has 2 aromatic carbocycles. The number of nitrogens with one attached hydrogen (secondary N) is 1. The van der Waals surface area contributed by atoms with E-state index in [0.717, 1.165) is 40.3 Å². The molecule has 1 atom stereocenters. The summed E-state index contributed by atoms with van der Waals surface area (Å²) in [5.41, 5.74) is 7.74. The summed E-state index contributed by atoms with van der Waals surface area (Å²) in [7, 11) is 0. The van der Waals surface area contributed by atoms with Crippen molar-refractivity contribution < 1.29 is 14.2 Å². The molecule has 2 heterocycles. The van der Waals surface area contributed by atoms with Crippen LogP contribution < -0.4 is 25.3 Å². The van der Waals surface area contributed by atoms with E-state index in [1.165, 1.54) is 0 Å². The van der Waals surface area contributed by atoms with Crippen molar-refractivity contribution in [2.45, 2.75) is 19.6 Å². The van der Waals surface area contributed by atoms with Gasteiger partial charge in [0.15, 0.2) is 11.5 Å². The zero-order valence-corrected chi connectivity index (χ0v) is 14.6. The predicted molar refractivity (Wildman–Crippen MR) is 101 cm³/mol. The zero-order chi connectivity index (χ0) is 17.9. The van der Waals surface area contributed by atoms with Gasteiger partial charge in [-0.25, -0.2) is 4.98 Å². The van der Waals surface area contributed by atoms with Gasteiger partial charge in [0, 0.05) is 18.5 Å². The van der Waals surface area contributed by atoms with Crippen LogP contribution in [0.15, 0.2) is 48.5 Å². The van der Waals surface area contributed by atoms with Crippen LogP contribution in [0.5, 0.6) is 17.2 Å². The fraction of sp³-hybridized carbons (Fsp3) is 0.250. The van der Waals surface area contributed by atoms with Gasteiger partial charge in [0.2, 0.25) is 6.79 Å². The zero-order valence-electron chi connectivity index (χ0n) is 14.6. The molecule has 0 radical (unpaired) electrons. The Morgan fingerprint density at radius 1 is 1.15 bits per heavy atom. The second-order valence-corrected chi connectivity index (χ2v) is 6.31. The average Bonchev–Trinajstić information content (AvgIpc) is 3.10. The molecule has 3 N–H and O–H groups in total. The summed E-state index contributed by atoms with van der Waals surface area (Å²) in [6.45, 7) is 3.75. The summed E-state index contributed by atoms with van der Waals surface area (Å²) in [6.07, 6.45) is -0.0159. The summed E-state index contributed by atoms with van der Waals surface area (Å²) >= 11 is 0. The van der Waals surface area contributed by atoms with E-state index >= 15 is 0 Å². The molecule has 1 aliphatic heterocycles. The molecule has 1 aromatic heterocycles. The summed E-state index contributed by atoms with van der Waals surface area (Å²) in [6, 6.07) is 15.6. The molecule has 26 heavy (non-hydrogen) atoms. The first-order valence-corrected chi connectivity index (χ1v) is 8.60. The molecule has 6 nitrogen and oxygen atoms in total. The highest BCUT2D eigenvalue weighted by Gasteiger charge is 2.13. The van der Waals surface area contributed by atoms with Crippen LogP contribution >= 0.6 is 0 Å². The van der Waals surface area contributed by atoms with Gasteiger partial charge >= 0.3 is 0 Å². The average molecular weight is 351 g/mol. The summed E-state index contributed by atoms with van der Waals surface area (Å²) in [5.74, 6) is 2.83. The molecule has 3 aromatic rings. The van der Waals surface area contributed by atoms with Gasteiger partial charge in [-0.1, -0.05) is 18.2 Å². The highest BCUT2D eigenvalue weighted by molar-refractivity contribution is 5.85. The quantitative estimate of drug-likeness (QED) is 0.710. The number of rotatable bonds is 6. The van der Waals surface area contributed by atoms with Crippen LogP contribution in [0.1, 0.15) is 12.5 Å². The third kappa shape index (κ3) is 3.50. The monoisotopic (exact) mass is 351 g/mol. The van der Waals surface area contributed by atoms with E-state index in [-0.39, 0.29) is 6.10 Å². The number of nitrogens with two attached hydrogens (primary N) is 1. The lowest BCUT2D eigenvalue weighted by Gasteiger charge is -2.17. The summed E-state index contributed by atoms with van der Waals surface area (Å²) < 4.78 is 16.8. The maximum absolute atomic E-state index is 6.07. The molecule has 134 valence electrons. The number of nitrogens with zero attached hydrogens (tertiary/aromatic N) is 1. The lowest BCUT2D eigenvalue weighted by Crippen LogP contribution is -2.28. The number of anilines is 1. The molecule has 0 saturated heterocycles. The van der Waals surface area contributed by atoms with E-state index in [1.54, 1.807) is 6.07 Å². The molecule has 6 heteroatoms. The number of nitrogen functional groups attached to an aromatic ring is 1. The standard InChI is InChI=1S/C20H21N3O3/c1-13(10-22-11-14-5-7-16-18(9-14)25-12-24-16)26-17-4-2-3-15-6-8-19(21)23-20(15)17/h2-9,13,22H,10-12H2,1H3,(H2,21,23). The first kappa shape index (κ1) is 16.5. The fourth-order valence-corrected chi connectivity index (χ4v) is 2.96. The molecule has 0 amide bonds. The van der Waals surface area contributed by atoms with Crippen molar-refractivity contribution in [3.63, 3.8) is 0 Å². The first-order valence-electron chi connectivity index (χ1n) is 8.60. The Hall–Kier alpha value is -2.99. The lowest BCUT2D eigenvalue weighted by molar-refractivity contribution is 0.174. The second-order valence-electron chi connectivity index (χ2n) is 6.31. The van der Waals surface area contributed by atoms with Crippen molar-refractivity contribution >= 4 is 16.7 Å². The van der Waals surface area contributed by atoms with Gasteiger partial charge in [0.05, 0.1) is 0 Å². The Balaban J connectivity index is 1.36. The number of ether oxygens (including phenoxy) is 3. The van der Waals surface area contributed by atoms with Crippen LogP contribution in [0.25, 0.3) is 10.9 Å². The molecule has 1 aliphatic rings. The molecular formula is C20H21N3O3. The number of para-hydroxylation sites is 1. The van der Waals surface area contributed by atoms with E-state index in [0.29, 0.717) is 19.2 Å². The van der Waals surface area contributed by atoms with Crippen molar-refractivity contribution in [3.8, 4) is 17.2 Å². The maximum Gasteiger partial charge on any atom is 0.231 e. The van der Waals surface area contributed by atoms with E-state index in [9.17, 15) is 0 Å². The van der Waals surface area contributed by atoms with Gasteiger partial charge in [0.25, 0.3) is 0 Å². The highest BCUT2D eigenvalue weighted by Crippen LogP contribution is 2.32. The van der Waals surface area contributed by atoms with Gasteiger partial charge in [-0.2, -0.15) is 0 Å². The second kappa shape index (κ2) is 7.09. The van der Waals surface area contributed by atoms with Crippen molar-refractivity contribution in [1.29, 1.82) is 0 Å². The predicted octanol–water partition coefficient (Wildman–Crippen LogP) is 3.10. The Morgan fingerprint density at radius 2 is 2.04 bits per heavy atom. The lowest BCUT2D eigenvalue weighted by atomic mass is 10.2. The van der Waals surface area contributed by atoms with Gasteiger partial charge in [-0.15, -0.1) is 0 Å². The minimum atomic E-state index is -0.0159. The van der Waals surface area contributed by atoms with Gasteiger partial charge in [-0.3, -0.25) is 0 Å². The molecule has 0 saturated carbocycles. The summed E-state index contributed by atoms with van der Waals surface area (Å²) in [4.78, 5) is 4.40. The van der Waals surface area contributed by atoms with E-state index < -0.39 is 0 Å². The molecule has 0 fully saturated rings. The van der Waals surface area contributed by atoms with Crippen molar-refractivity contribution in [2.24, 2.45) is 0 Å². The SMILES string of the molecule is CC(CNCc1ccc2c(c1)OCO2)Oc1cccc2ccc(N)nc12. The number of hydrogen-bond acceptors (Lipinski definition) is 6. The van der Waals surface area contributed by atoms with Crippen LogP contribution in [-0.2, 0) is 6.54 Å². The number of hydrogen-bond donors (Lipinski definition) is 2. The molecule has 0 aliphatic carbocycles. The molecule has 1 unspecified atom stereocenters. The van der Waals surface area contributed by atoms with Gasteiger partial charge in [-0.05, 0) is 42.8 Å². The third-order valence-corrected chi connectivity index (χ3v) is 4.23. The van der Waals surface area contributed by atoms with E-state index in [1.807, 2.05) is 49.4 Å². The van der Waals surface area contributed by atoms with Crippen LogP contribution in [0.3, 0.4) is 0 Å². The Morgan fingerprint density at radius 3 is 2.96 bits per heavy atom. The largest absolute Gasteiger partial charge is 0.487 e.